The molecule has 1 fully saturated rings. The third kappa shape index (κ3) is 4.51. The van der Waals surface area contributed by atoms with Crippen LogP contribution in [0.3, 0.4) is 0 Å². The van der Waals surface area contributed by atoms with Crippen molar-refractivity contribution in [3.05, 3.63) is 89.2 Å². The third-order valence-electron chi connectivity index (χ3n) is 5.36. The van der Waals surface area contributed by atoms with Crippen molar-refractivity contribution < 1.29 is 14.3 Å². The van der Waals surface area contributed by atoms with Crippen LogP contribution in [-0.4, -0.2) is 22.9 Å². The number of hydrogen-bond acceptors (Lipinski definition) is 4. The number of esters is 1. The van der Waals surface area contributed by atoms with Crippen LogP contribution < -0.4 is 0 Å². The third-order valence-corrected chi connectivity index (χ3v) is 6.60. The van der Waals surface area contributed by atoms with Gasteiger partial charge in [-0.25, -0.2) is 0 Å². The van der Waals surface area contributed by atoms with Crippen molar-refractivity contribution in [2.45, 2.75) is 42.9 Å². The molecule has 2 aromatic carbocycles. The normalized spacial score (nSPS) is 14.3. The van der Waals surface area contributed by atoms with Gasteiger partial charge < -0.3 is 9.30 Å². The lowest BCUT2D eigenvalue weighted by atomic mass is 10.1. The van der Waals surface area contributed by atoms with E-state index in [-0.39, 0.29) is 12.4 Å². The summed E-state index contributed by atoms with van der Waals surface area (Å²) in [6.45, 7) is 3.75. The molecular weight excluding hydrogens is 394 g/mol. The quantitative estimate of drug-likeness (QED) is 0.267. The highest BCUT2D eigenvalue weighted by atomic mass is 32.2. The molecule has 3 aromatic rings. The molecule has 30 heavy (non-hydrogen) atoms. The van der Waals surface area contributed by atoms with E-state index < -0.39 is 11.2 Å². The highest BCUT2D eigenvalue weighted by Gasteiger charge is 2.29. The van der Waals surface area contributed by atoms with Crippen LogP contribution in [0, 0.1) is 13.8 Å². The first kappa shape index (κ1) is 20.5. The summed E-state index contributed by atoms with van der Waals surface area (Å²) in [6.07, 6.45) is 2.32. The number of nitrogens with zero attached hydrogens (tertiary/aromatic N) is 1. The fourth-order valence-electron chi connectivity index (χ4n) is 3.76. The van der Waals surface area contributed by atoms with E-state index in [1.807, 2.05) is 80.6 Å². The van der Waals surface area contributed by atoms with Crippen LogP contribution in [0.15, 0.2) is 71.6 Å². The van der Waals surface area contributed by atoms with Gasteiger partial charge in [-0.3, -0.25) is 9.59 Å². The predicted octanol–water partition coefficient (Wildman–Crippen LogP) is 5.70. The predicted molar refractivity (Wildman–Crippen MR) is 119 cm³/mol. The maximum atomic E-state index is 13.0. The first-order valence-corrected chi connectivity index (χ1v) is 11.1. The van der Waals surface area contributed by atoms with Crippen molar-refractivity contribution in [1.29, 1.82) is 0 Å². The van der Waals surface area contributed by atoms with Gasteiger partial charge >= 0.3 is 5.97 Å². The van der Waals surface area contributed by atoms with E-state index in [0.717, 1.165) is 34.7 Å². The Bertz CT molecular complexity index is 1040. The Kier molecular flexibility index (Phi) is 6.09. The van der Waals surface area contributed by atoms with E-state index in [9.17, 15) is 9.59 Å². The Morgan fingerprint density at radius 1 is 1.03 bits per heavy atom. The standard InChI is InChI=1S/C25H25NO3S/c1-17-15-22(18(2)26(17)20-13-14-20)23(27)16-29-25(28)24(19-9-5-3-6-10-19)30-21-11-7-4-8-12-21/h3-12,15,20,24H,13-14,16H2,1-2H3/t24-/m1/s1. The number of carbonyl (C=O) groups excluding carboxylic acids is 2. The van der Waals surface area contributed by atoms with Gasteiger partial charge in [0.05, 0.1) is 0 Å². The molecule has 4 nitrogen and oxygen atoms in total. The molecule has 1 atom stereocenters. The number of thioether (sulfide) groups is 1. The average Bonchev–Trinajstić information content (AvgIpc) is 3.55. The van der Waals surface area contributed by atoms with Crippen LogP contribution in [0.2, 0.25) is 0 Å². The summed E-state index contributed by atoms with van der Waals surface area (Å²) in [5.41, 5.74) is 3.57. The van der Waals surface area contributed by atoms with E-state index in [0.29, 0.717) is 11.6 Å². The molecule has 4 rings (SSSR count). The minimum atomic E-state index is -0.528. The molecule has 0 radical (unpaired) electrons. The monoisotopic (exact) mass is 419 g/mol. The lowest BCUT2D eigenvalue weighted by molar-refractivity contribution is -0.142. The van der Waals surface area contributed by atoms with Crippen LogP contribution in [0.4, 0.5) is 0 Å². The van der Waals surface area contributed by atoms with Crippen molar-refractivity contribution in [1.82, 2.24) is 4.57 Å². The van der Waals surface area contributed by atoms with E-state index in [1.165, 1.54) is 11.8 Å². The second kappa shape index (κ2) is 8.92. The van der Waals surface area contributed by atoms with E-state index in [4.69, 9.17) is 4.74 Å². The number of benzene rings is 2. The Morgan fingerprint density at radius 2 is 1.67 bits per heavy atom. The molecule has 0 saturated heterocycles. The average molecular weight is 420 g/mol. The van der Waals surface area contributed by atoms with Crippen LogP contribution >= 0.6 is 11.8 Å². The molecule has 0 amide bonds. The van der Waals surface area contributed by atoms with Gasteiger partial charge in [0, 0.05) is 27.9 Å². The fraction of sp³-hybridized carbons (Fsp3) is 0.280. The van der Waals surface area contributed by atoms with Crippen LogP contribution in [0.1, 0.15) is 51.4 Å². The minimum absolute atomic E-state index is 0.153. The van der Waals surface area contributed by atoms with E-state index >= 15 is 0 Å². The van der Waals surface area contributed by atoms with Crippen molar-refractivity contribution in [2.75, 3.05) is 6.61 Å². The first-order valence-electron chi connectivity index (χ1n) is 10.2. The van der Waals surface area contributed by atoms with Crippen molar-refractivity contribution >= 4 is 23.5 Å². The van der Waals surface area contributed by atoms with Gasteiger partial charge in [0.2, 0.25) is 5.78 Å². The number of hydrogen-bond donors (Lipinski definition) is 0. The topological polar surface area (TPSA) is 48.3 Å². The zero-order valence-corrected chi connectivity index (χ0v) is 18.0. The zero-order chi connectivity index (χ0) is 21.1. The van der Waals surface area contributed by atoms with Crippen LogP contribution in [0.5, 0.6) is 0 Å². The first-order chi connectivity index (χ1) is 14.5. The summed E-state index contributed by atoms with van der Waals surface area (Å²) < 4.78 is 7.74. The molecule has 5 heteroatoms. The minimum Gasteiger partial charge on any atom is -0.456 e. The number of carbonyl (C=O) groups is 2. The highest BCUT2D eigenvalue weighted by Crippen LogP contribution is 2.39. The van der Waals surface area contributed by atoms with E-state index in [2.05, 4.69) is 4.57 Å². The van der Waals surface area contributed by atoms with Crippen molar-refractivity contribution in [2.24, 2.45) is 0 Å². The summed E-state index contributed by atoms with van der Waals surface area (Å²) in [5, 5.41) is -0.528. The lowest BCUT2D eigenvalue weighted by Crippen LogP contribution is -2.19. The Labute approximate surface area is 181 Å². The van der Waals surface area contributed by atoms with Crippen LogP contribution in [0.25, 0.3) is 0 Å². The van der Waals surface area contributed by atoms with Gasteiger partial charge in [0.25, 0.3) is 0 Å². The number of aromatic nitrogens is 1. The summed E-state index contributed by atoms with van der Waals surface area (Å²) in [7, 11) is 0. The number of rotatable bonds is 8. The smallest absolute Gasteiger partial charge is 0.324 e. The Morgan fingerprint density at radius 3 is 2.30 bits per heavy atom. The maximum absolute atomic E-state index is 13.0. The van der Waals surface area contributed by atoms with Gasteiger partial charge in [-0.2, -0.15) is 0 Å². The molecule has 154 valence electrons. The SMILES string of the molecule is Cc1cc(C(=O)COC(=O)[C@H](Sc2ccccc2)c2ccccc2)c(C)n1C1CC1. The Balaban J connectivity index is 1.47. The molecule has 1 heterocycles. The van der Waals surface area contributed by atoms with Gasteiger partial charge in [-0.05, 0) is 50.5 Å². The highest BCUT2D eigenvalue weighted by molar-refractivity contribution is 8.00. The molecule has 0 spiro atoms. The molecule has 0 N–H and O–H groups in total. The molecule has 1 aromatic heterocycles. The summed E-state index contributed by atoms with van der Waals surface area (Å²) in [5.74, 6) is -0.556. The van der Waals surface area contributed by atoms with Crippen molar-refractivity contribution in [3.8, 4) is 0 Å². The molecule has 1 aliphatic rings. The second-order valence-corrected chi connectivity index (χ2v) is 8.82. The van der Waals surface area contributed by atoms with Crippen molar-refractivity contribution in [3.63, 3.8) is 0 Å². The molecule has 1 saturated carbocycles. The largest absolute Gasteiger partial charge is 0.456 e. The zero-order valence-electron chi connectivity index (χ0n) is 17.2. The number of aryl methyl sites for hydroxylation is 1. The molecular formula is C25H25NO3S. The molecule has 1 aliphatic carbocycles. The fourth-order valence-corrected chi connectivity index (χ4v) is 4.80. The molecule has 0 aliphatic heterocycles. The van der Waals surface area contributed by atoms with Gasteiger partial charge in [-0.1, -0.05) is 48.5 Å². The van der Waals surface area contributed by atoms with E-state index in [1.54, 1.807) is 0 Å². The summed E-state index contributed by atoms with van der Waals surface area (Å²) in [6, 6.07) is 21.7. The van der Waals surface area contributed by atoms with Gasteiger partial charge in [0.1, 0.15) is 5.25 Å². The molecule has 0 bridgehead atoms. The molecule has 0 unspecified atom stereocenters. The second-order valence-electron chi connectivity index (χ2n) is 7.64. The maximum Gasteiger partial charge on any atom is 0.324 e. The number of ketones is 1. The number of ether oxygens (including phenoxy) is 1. The van der Waals surface area contributed by atoms with Crippen LogP contribution in [-0.2, 0) is 9.53 Å². The summed E-state index contributed by atoms with van der Waals surface area (Å²) in [4.78, 5) is 26.7. The number of Topliss-reactive ketones (excluding diaryl/α,β-unsaturated/α-hetero) is 1. The lowest BCUT2D eigenvalue weighted by Gasteiger charge is -2.16. The summed E-state index contributed by atoms with van der Waals surface area (Å²) >= 11 is 1.43. The van der Waals surface area contributed by atoms with Gasteiger partial charge in [-0.15, -0.1) is 11.8 Å². The van der Waals surface area contributed by atoms with Gasteiger partial charge in [0.15, 0.2) is 6.61 Å². The Hall–Kier alpha value is -2.79.